The fourth-order valence-corrected chi connectivity index (χ4v) is 2.83. The number of amides is 2. The molecule has 0 spiro atoms. The van der Waals surface area contributed by atoms with E-state index in [1.807, 2.05) is 40.1 Å². The average Bonchev–Trinajstić information content (AvgIpc) is 2.99. The molecule has 0 N–H and O–H groups in total. The summed E-state index contributed by atoms with van der Waals surface area (Å²) in [6, 6.07) is 7.80. The summed E-state index contributed by atoms with van der Waals surface area (Å²) in [7, 11) is 0. The average molecular weight is 314 g/mol. The lowest BCUT2D eigenvalue weighted by Gasteiger charge is -2.19. The smallest absolute Gasteiger partial charge is 0.246 e. The molecule has 1 fully saturated rings. The predicted octanol–water partition coefficient (Wildman–Crippen LogP) is 3.48. The third-order valence-electron chi connectivity index (χ3n) is 4.00. The quantitative estimate of drug-likeness (QED) is 0.723. The third kappa shape index (κ3) is 4.68. The fourth-order valence-electron chi connectivity index (χ4n) is 2.83. The molecule has 0 bridgehead atoms. The number of hydrogen-bond donors (Lipinski definition) is 0. The Kier molecular flexibility index (Phi) is 6.39. The Morgan fingerprint density at radius 1 is 1.17 bits per heavy atom. The second kappa shape index (κ2) is 8.51. The molecule has 4 nitrogen and oxygen atoms in total. The molecule has 0 aromatic heterocycles. The maximum atomic E-state index is 12.2. The lowest BCUT2D eigenvalue weighted by molar-refractivity contribution is -0.126. The van der Waals surface area contributed by atoms with Crippen molar-refractivity contribution in [3.63, 3.8) is 0 Å². The molecule has 124 valence electrons. The molecule has 0 atom stereocenters. The van der Waals surface area contributed by atoms with Crippen LogP contribution in [0.15, 0.2) is 30.3 Å². The van der Waals surface area contributed by atoms with Crippen LogP contribution in [0.5, 0.6) is 0 Å². The van der Waals surface area contributed by atoms with Crippen molar-refractivity contribution in [3.8, 4) is 0 Å². The number of hydrogen-bond acceptors (Lipinski definition) is 2. The number of anilines is 1. The molecule has 0 radical (unpaired) electrons. The van der Waals surface area contributed by atoms with E-state index in [9.17, 15) is 9.59 Å². The first-order chi connectivity index (χ1) is 11.2. The van der Waals surface area contributed by atoms with E-state index in [0.29, 0.717) is 6.42 Å². The summed E-state index contributed by atoms with van der Waals surface area (Å²) in [5.41, 5.74) is 1.91. The lowest BCUT2D eigenvalue weighted by Crippen LogP contribution is -2.30. The topological polar surface area (TPSA) is 40.6 Å². The van der Waals surface area contributed by atoms with Crippen LogP contribution in [-0.4, -0.2) is 36.3 Å². The first-order valence-corrected chi connectivity index (χ1v) is 8.53. The number of nitrogens with zero attached hydrogens (tertiary/aromatic N) is 2. The van der Waals surface area contributed by atoms with Gasteiger partial charge < -0.3 is 9.80 Å². The van der Waals surface area contributed by atoms with Gasteiger partial charge in [0.15, 0.2) is 0 Å². The Hall–Kier alpha value is -2.10. The second-order valence-corrected chi connectivity index (χ2v) is 5.90. The van der Waals surface area contributed by atoms with Crippen LogP contribution in [0.2, 0.25) is 0 Å². The van der Waals surface area contributed by atoms with Gasteiger partial charge in [-0.3, -0.25) is 9.59 Å². The fraction of sp³-hybridized carbons (Fsp3) is 0.474. The minimum atomic E-state index is 0.0625. The normalized spacial score (nSPS) is 14.7. The summed E-state index contributed by atoms with van der Waals surface area (Å²) in [4.78, 5) is 27.6. The summed E-state index contributed by atoms with van der Waals surface area (Å²) >= 11 is 0. The highest BCUT2D eigenvalue weighted by atomic mass is 16.2. The van der Waals surface area contributed by atoms with Crippen molar-refractivity contribution in [2.45, 2.75) is 39.5 Å². The summed E-state index contributed by atoms with van der Waals surface area (Å²) in [5, 5.41) is 0. The van der Waals surface area contributed by atoms with Crippen molar-refractivity contribution in [2.24, 2.45) is 0 Å². The van der Waals surface area contributed by atoms with Gasteiger partial charge >= 0.3 is 0 Å². The summed E-state index contributed by atoms with van der Waals surface area (Å²) in [6.45, 7) is 6.56. The van der Waals surface area contributed by atoms with Crippen molar-refractivity contribution in [3.05, 3.63) is 35.9 Å². The van der Waals surface area contributed by atoms with Gasteiger partial charge in [-0.2, -0.15) is 0 Å². The molecule has 0 unspecified atom stereocenters. The van der Waals surface area contributed by atoms with Crippen molar-refractivity contribution in [2.75, 3.05) is 24.5 Å². The zero-order valence-electron chi connectivity index (χ0n) is 14.1. The zero-order valence-corrected chi connectivity index (χ0v) is 14.1. The first-order valence-electron chi connectivity index (χ1n) is 8.53. The van der Waals surface area contributed by atoms with Gasteiger partial charge in [0.25, 0.3) is 0 Å². The predicted molar refractivity (Wildman–Crippen MR) is 94.2 cm³/mol. The first kappa shape index (κ1) is 17.3. The highest BCUT2D eigenvalue weighted by Crippen LogP contribution is 2.21. The van der Waals surface area contributed by atoms with Crippen molar-refractivity contribution in [1.82, 2.24) is 4.90 Å². The monoisotopic (exact) mass is 314 g/mol. The third-order valence-corrected chi connectivity index (χ3v) is 4.00. The molecular weight excluding hydrogens is 288 g/mol. The molecule has 0 saturated carbocycles. The van der Waals surface area contributed by atoms with E-state index in [1.54, 1.807) is 6.08 Å². The summed E-state index contributed by atoms with van der Waals surface area (Å²) in [6.07, 6.45) is 6.99. The van der Waals surface area contributed by atoms with Gasteiger partial charge in [0, 0.05) is 37.8 Å². The van der Waals surface area contributed by atoms with Crippen molar-refractivity contribution < 1.29 is 9.59 Å². The molecule has 1 aromatic carbocycles. The van der Waals surface area contributed by atoms with Gasteiger partial charge in [-0.1, -0.05) is 26.0 Å². The van der Waals surface area contributed by atoms with Gasteiger partial charge in [-0.15, -0.1) is 0 Å². The molecule has 1 aromatic rings. The molecule has 1 aliphatic heterocycles. The van der Waals surface area contributed by atoms with Crippen LogP contribution in [0.1, 0.15) is 45.1 Å². The Morgan fingerprint density at radius 3 is 2.35 bits per heavy atom. The molecule has 23 heavy (non-hydrogen) atoms. The molecular formula is C19H26N2O2. The molecule has 1 saturated heterocycles. The summed E-state index contributed by atoms with van der Waals surface area (Å²) < 4.78 is 0. The van der Waals surface area contributed by atoms with Crippen LogP contribution < -0.4 is 4.90 Å². The molecule has 0 aliphatic carbocycles. The molecule has 2 amide bonds. The maximum Gasteiger partial charge on any atom is 0.246 e. The van der Waals surface area contributed by atoms with E-state index >= 15 is 0 Å². The SMILES string of the molecule is CCCN(CCC)C(=O)/C=C/c1ccc(N2CCCC2=O)cc1. The number of carbonyl (C=O) groups excluding carboxylic acids is 2. The van der Waals surface area contributed by atoms with Gasteiger partial charge in [-0.25, -0.2) is 0 Å². The second-order valence-electron chi connectivity index (χ2n) is 5.90. The van der Waals surface area contributed by atoms with E-state index in [4.69, 9.17) is 0 Å². The van der Waals surface area contributed by atoms with E-state index in [-0.39, 0.29) is 11.8 Å². The standard InChI is InChI=1S/C19H26N2O2/c1-3-13-20(14-4-2)18(22)12-9-16-7-10-17(11-8-16)21-15-5-6-19(21)23/h7-12H,3-6,13-15H2,1-2H3/b12-9+. The van der Waals surface area contributed by atoms with E-state index < -0.39 is 0 Å². The summed E-state index contributed by atoms with van der Waals surface area (Å²) in [5.74, 6) is 0.255. The molecule has 2 rings (SSSR count). The largest absolute Gasteiger partial charge is 0.339 e. The molecule has 4 heteroatoms. The Labute approximate surface area is 138 Å². The minimum absolute atomic E-state index is 0.0625. The van der Waals surface area contributed by atoms with Crippen molar-refractivity contribution >= 4 is 23.6 Å². The van der Waals surface area contributed by atoms with Gasteiger partial charge in [-0.05, 0) is 43.0 Å². The van der Waals surface area contributed by atoms with Crippen LogP contribution in [0.3, 0.4) is 0 Å². The number of rotatable bonds is 7. The number of benzene rings is 1. The van der Waals surface area contributed by atoms with Crippen LogP contribution >= 0.6 is 0 Å². The van der Waals surface area contributed by atoms with Crippen LogP contribution in [-0.2, 0) is 9.59 Å². The Balaban J connectivity index is 1.99. The highest BCUT2D eigenvalue weighted by Gasteiger charge is 2.21. The lowest BCUT2D eigenvalue weighted by atomic mass is 10.2. The maximum absolute atomic E-state index is 12.2. The molecule has 1 heterocycles. The van der Waals surface area contributed by atoms with Gasteiger partial charge in [0.1, 0.15) is 0 Å². The molecule has 1 aliphatic rings. The highest BCUT2D eigenvalue weighted by molar-refractivity contribution is 5.95. The zero-order chi connectivity index (χ0) is 16.7. The minimum Gasteiger partial charge on any atom is -0.339 e. The van der Waals surface area contributed by atoms with Crippen LogP contribution in [0.25, 0.3) is 6.08 Å². The van der Waals surface area contributed by atoms with Crippen LogP contribution in [0, 0.1) is 0 Å². The van der Waals surface area contributed by atoms with Crippen molar-refractivity contribution in [1.29, 1.82) is 0 Å². The number of carbonyl (C=O) groups is 2. The van der Waals surface area contributed by atoms with Gasteiger partial charge in [0.2, 0.25) is 11.8 Å². The Morgan fingerprint density at radius 2 is 1.83 bits per heavy atom. The van der Waals surface area contributed by atoms with Gasteiger partial charge in [0.05, 0.1) is 0 Å². The van der Waals surface area contributed by atoms with E-state index in [0.717, 1.165) is 50.1 Å². The van der Waals surface area contributed by atoms with E-state index in [1.165, 1.54) is 0 Å². The van der Waals surface area contributed by atoms with Crippen LogP contribution in [0.4, 0.5) is 5.69 Å². The van der Waals surface area contributed by atoms with E-state index in [2.05, 4.69) is 13.8 Å². The Bertz CT molecular complexity index is 557.